The van der Waals surface area contributed by atoms with E-state index in [1.54, 1.807) is 0 Å². The Hall–Kier alpha value is -2.68. The zero-order chi connectivity index (χ0) is 22.8. The van der Waals surface area contributed by atoms with Crippen LogP contribution in [-0.2, 0) is 11.5 Å². The van der Waals surface area contributed by atoms with Crippen LogP contribution in [0.2, 0.25) is 0 Å². The molecule has 0 radical (unpaired) electrons. The molecule has 0 aromatic heterocycles. The topological polar surface area (TPSA) is 0 Å². The first-order valence-corrected chi connectivity index (χ1v) is 13.4. The summed E-state index contributed by atoms with van der Waals surface area (Å²) in [5.74, 6) is 2.01. The van der Waals surface area contributed by atoms with Crippen molar-refractivity contribution in [3.63, 3.8) is 0 Å². The molecule has 0 N–H and O–H groups in total. The second-order valence-corrected chi connectivity index (χ2v) is 10.8. The van der Waals surface area contributed by atoms with Crippen LogP contribution >= 0.6 is 23.5 Å². The largest absolute Gasteiger partial charge is 0.121 e. The number of hydrogen-bond donors (Lipinski definition) is 0. The van der Waals surface area contributed by atoms with Crippen LogP contribution in [0.3, 0.4) is 0 Å². The molecule has 164 valence electrons. The predicted molar refractivity (Wildman–Crippen MR) is 148 cm³/mol. The van der Waals surface area contributed by atoms with E-state index in [0.717, 1.165) is 11.5 Å². The number of thioether (sulfide) groups is 2. The summed E-state index contributed by atoms with van der Waals surface area (Å²) in [5.41, 5.74) is 7.21. The fourth-order valence-corrected chi connectivity index (χ4v) is 6.80. The molecule has 2 heteroatoms. The summed E-state index contributed by atoms with van der Waals surface area (Å²) in [6.45, 7) is 6.83. The third-order valence-corrected chi connectivity index (χ3v) is 8.54. The average Bonchev–Trinajstić information content (AvgIpc) is 2.83. The Morgan fingerprint density at radius 1 is 0.485 bits per heavy atom. The second-order valence-electron chi connectivity index (χ2n) is 8.69. The fourth-order valence-electron chi connectivity index (χ4n) is 4.54. The summed E-state index contributed by atoms with van der Waals surface area (Å²) in [7, 11) is 0. The van der Waals surface area contributed by atoms with Crippen molar-refractivity contribution >= 4 is 45.1 Å². The molecule has 0 aliphatic carbocycles. The Labute approximate surface area is 205 Å². The highest BCUT2D eigenvalue weighted by atomic mass is 32.2. The normalized spacial score (nSPS) is 11.4. The molecule has 0 saturated carbocycles. The van der Waals surface area contributed by atoms with Gasteiger partial charge in [0.25, 0.3) is 0 Å². The van der Waals surface area contributed by atoms with Gasteiger partial charge in [0.1, 0.15) is 0 Å². The Morgan fingerprint density at radius 3 is 1.36 bits per heavy atom. The smallest absolute Gasteiger partial charge is 0.0237 e. The van der Waals surface area contributed by atoms with Crippen molar-refractivity contribution in [2.75, 3.05) is 0 Å². The highest BCUT2D eigenvalue weighted by Crippen LogP contribution is 2.34. The summed E-state index contributed by atoms with van der Waals surface area (Å²) in [6, 6.07) is 33.2. The number of benzene rings is 5. The van der Waals surface area contributed by atoms with Crippen LogP contribution in [0.4, 0.5) is 0 Å². The summed E-state index contributed by atoms with van der Waals surface area (Å²) >= 11 is 3.88. The van der Waals surface area contributed by atoms with Gasteiger partial charge in [0.2, 0.25) is 0 Å². The minimum Gasteiger partial charge on any atom is -0.121 e. The van der Waals surface area contributed by atoms with Crippen LogP contribution in [0.1, 0.15) is 27.8 Å². The van der Waals surface area contributed by atoms with Gasteiger partial charge in [0.05, 0.1) is 0 Å². The zero-order valence-corrected chi connectivity index (χ0v) is 21.0. The van der Waals surface area contributed by atoms with Gasteiger partial charge in [0, 0.05) is 21.3 Å². The van der Waals surface area contributed by atoms with Gasteiger partial charge in [-0.3, -0.25) is 0 Å². The van der Waals surface area contributed by atoms with Gasteiger partial charge in [-0.1, -0.05) is 66.7 Å². The molecular weight excluding hydrogens is 436 g/mol. The fraction of sp³-hybridized carbons (Fsp3) is 0.161. The molecule has 0 amide bonds. The summed E-state index contributed by atoms with van der Waals surface area (Å²) < 4.78 is 0. The van der Waals surface area contributed by atoms with Gasteiger partial charge in [0.15, 0.2) is 0 Å². The van der Waals surface area contributed by atoms with Gasteiger partial charge < -0.3 is 0 Å². The lowest BCUT2D eigenvalue weighted by molar-refractivity contribution is 1.15. The molecule has 0 aliphatic heterocycles. The van der Waals surface area contributed by atoms with E-state index in [1.807, 2.05) is 23.5 Å². The Balaban J connectivity index is 1.35. The number of rotatable bonds is 6. The first-order valence-electron chi connectivity index (χ1n) is 11.4. The van der Waals surface area contributed by atoms with E-state index in [2.05, 4.69) is 112 Å². The van der Waals surface area contributed by atoms with Crippen molar-refractivity contribution in [1.29, 1.82) is 0 Å². The van der Waals surface area contributed by atoms with E-state index >= 15 is 0 Å². The number of aryl methyl sites for hydroxylation is 2. The second kappa shape index (κ2) is 9.67. The maximum Gasteiger partial charge on any atom is 0.0237 e. The predicted octanol–water partition coefficient (Wildman–Crippen LogP) is 9.50. The molecule has 0 unspecified atom stereocenters. The van der Waals surface area contributed by atoms with Crippen LogP contribution in [0, 0.1) is 20.8 Å². The van der Waals surface area contributed by atoms with Crippen molar-refractivity contribution in [2.24, 2.45) is 0 Å². The molecular formula is C31H28S2. The Bertz CT molecular complexity index is 1340. The van der Waals surface area contributed by atoms with Crippen LogP contribution < -0.4 is 0 Å². The molecule has 0 atom stereocenters. The van der Waals surface area contributed by atoms with Gasteiger partial charge in [-0.25, -0.2) is 0 Å². The monoisotopic (exact) mass is 464 g/mol. The van der Waals surface area contributed by atoms with E-state index in [4.69, 9.17) is 0 Å². The first kappa shape index (κ1) is 22.1. The minimum atomic E-state index is 1.00. The summed E-state index contributed by atoms with van der Waals surface area (Å²) in [6.07, 6.45) is 0. The van der Waals surface area contributed by atoms with Gasteiger partial charge >= 0.3 is 0 Å². The third kappa shape index (κ3) is 4.83. The standard InChI is InChI=1S/C31H28S2/c1-21-16-22(2)31(20-33-29-15-13-25-9-5-7-11-27(25)18-29)23(3)30(21)19-32-28-14-12-24-8-4-6-10-26(24)17-28/h4-18H,19-20H2,1-3H3. The molecule has 0 spiro atoms. The van der Waals surface area contributed by atoms with Crippen LogP contribution in [0.5, 0.6) is 0 Å². The van der Waals surface area contributed by atoms with E-state index in [1.165, 1.54) is 59.2 Å². The molecule has 0 nitrogen and oxygen atoms in total. The molecule has 5 aromatic rings. The lowest BCUT2D eigenvalue weighted by atomic mass is 9.95. The summed E-state index contributed by atoms with van der Waals surface area (Å²) in [4.78, 5) is 2.67. The lowest BCUT2D eigenvalue weighted by Crippen LogP contribution is -2.00. The van der Waals surface area contributed by atoms with Crippen LogP contribution in [-0.4, -0.2) is 0 Å². The number of fused-ring (bicyclic) bond motifs is 2. The van der Waals surface area contributed by atoms with Gasteiger partial charge in [-0.2, -0.15) is 0 Å². The highest BCUT2D eigenvalue weighted by molar-refractivity contribution is 7.98. The zero-order valence-electron chi connectivity index (χ0n) is 19.4. The van der Waals surface area contributed by atoms with E-state index < -0.39 is 0 Å². The average molecular weight is 465 g/mol. The maximum atomic E-state index is 2.37. The van der Waals surface area contributed by atoms with Crippen molar-refractivity contribution in [3.05, 3.63) is 119 Å². The molecule has 33 heavy (non-hydrogen) atoms. The van der Waals surface area contributed by atoms with Crippen LogP contribution in [0.25, 0.3) is 21.5 Å². The van der Waals surface area contributed by atoms with Gasteiger partial charge in [-0.15, -0.1) is 23.5 Å². The molecule has 0 saturated heterocycles. The third-order valence-electron chi connectivity index (χ3n) is 6.50. The van der Waals surface area contributed by atoms with Crippen molar-refractivity contribution < 1.29 is 0 Å². The quantitative estimate of drug-likeness (QED) is 0.229. The van der Waals surface area contributed by atoms with Crippen molar-refractivity contribution in [1.82, 2.24) is 0 Å². The highest BCUT2D eigenvalue weighted by Gasteiger charge is 2.12. The van der Waals surface area contributed by atoms with E-state index in [0.29, 0.717) is 0 Å². The summed E-state index contributed by atoms with van der Waals surface area (Å²) in [5, 5.41) is 5.23. The molecule has 5 aromatic carbocycles. The van der Waals surface area contributed by atoms with Crippen molar-refractivity contribution in [3.8, 4) is 0 Å². The Morgan fingerprint density at radius 2 is 0.909 bits per heavy atom. The van der Waals surface area contributed by atoms with E-state index in [9.17, 15) is 0 Å². The van der Waals surface area contributed by atoms with Gasteiger partial charge in [-0.05, 0) is 94.4 Å². The Kier molecular flexibility index (Phi) is 6.48. The molecule has 0 heterocycles. The van der Waals surface area contributed by atoms with Crippen molar-refractivity contribution in [2.45, 2.75) is 42.1 Å². The molecule has 0 aliphatic rings. The SMILES string of the molecule is Cc1cc(C)c(CSc2ccc3ccccc3c2)c(C)c1CSc1ccc2ccccc2c1. The maximum absolute atomic E-state index is 2.37. The molecule has 5 rings (SSSR count). The molecule has 0 bridgehead atoms. The number of hydrogen-bond acceptors (Lipinski definition) is 2. The van der Waals surface area contributed by atoms with Crippen LogP contribution in [0.15, 0.2) is 101 Å². The van der Waals surface area contributed by atoms with E-state index in [-0.39, 0.29) is 0 Å². The molecule has 0 fully saturated rings. The lowest BCUT2D eigenvalue weighted by Gasteiger charge is -2.17. The minimum absolute atomic E-state index is 1.00. The first-order chi connectivity index (χ1) is 16.1.